The minimum Gasteiger partial charge on any atom is -0.444 e. The Morgan fingerprint density at radius 2 is 2.11 bits per heavy atom. The molecule has 7 heteroatoms. The Balaban J connectivity index is 1.99. The number of hydrogen-bond acceptors (Lipinski definition) is 5. The molecule has 0 radical (unpaired) electrons. The summed E-state index contributed by atoms with van der Waals surface area (Å²) in [5.41, 5.74) is -0.552. The zero-order chi connectivity index (χ0) is 14.2. The third-order valence-electron chi connectivity index (χ3n) is 2.87. The number of rotatable bonds is 2. The molecule has 0 bridgehead atoms. The van der Waals surface area contributed by atoms with Crippen molar-refractivity contribution < 1.29 is 14.6 Å². The molecule has 1 aliphatic rings. The Morgan fingerprint density at radius 3 is 2.63 bits per heavy atom. The average Bonchev–Trinajstić information content (AvgIpc) is 2.52. The molecule has 0 aromatic carbocycles. The molecule has 7 nitrogen and oxygen atoms in total. The van der Waals surface area contributed by atoms with Gasteiger partial charge in [-0.25, -0.2) is 9.48 Å². The second-order valence-corrected chi connectivity index (χ2v) is 5.87. The zero-order valence-electron chi connectivity index (χ0n) is 11.7. The summed E-state index contributed by atoms with van der Waals surface area (Å²) in [5.74, 6) is 1.18. The highest BCUT2D eigenvalue weighted by molar-refractivity contribution is 5.82. The van der Waals surface area contributed by atoms with Gasteiger partial charge < -0.3 is 9.84 Å². The molecule has 1 saturated carbocycles. The van der Waals surface area contributed by atoms with E-state index in [1.54, 1.807) is 27.8 Å². The van der Waals surface area contributed by atoms with E-state index in [1.165, 1.54) is 4.68 Å². The maximum Gasteiger partial charge on any atom is 0.414 e. The van der Waals surface area contributed by atoms with Gasteiger partial charge >= 0.3 is 6.09 Å². The molecule has 19 heavy (non-hydrogen) atoms. The molecule has 0 atom stereocenters. The third kappa shape index (κ3) is 3.44. The molecule has 2 N–H and O–H groups in total. The number of ether oxygens (including phenoxy) is 1. The first-order valence-corrected chi connectivity index (χ1v) is 6.33. The van der Waals surface area contributed by atoms with Gasteiger partial charge in [-0.2, -0.15) is 10.1 Å². The Bertz CT molecular complexity index is 472. The van der Waals surface area contributed by atoms with E-state index >= 15 is 0 Å². The largest absolute Gasteiger partial charge is 0.444 e. The van der Waals surface area contributed by atoms with Crippen molar-refractivity contribution in [3.8, 4) is 0 Å². The summed E-state index contributed by atoms with van der Waals surface area (Å²) in [6.45, 7) is 5.39. The van der Waals surface area contributed by atoms with Gasteiger partial charge in [0.1, 0.15) is 5.60 Å². The molecule has 0 aliphatic heterocycles. The second-order valence-electron chi connectivity index (χ2n) is 5.87. The number of aliphatic hydroxyl groups excluding tert-OH is 1. The lowest BCUT2D eigenvalue weighted by molar-refractivity contribution is 0.0633. The summed E-state index contributed by atoms with van der Waals surface area (Å²) in [4.78, 5) is 15.9. The predicted molar refractivity (Wildman–Crippen MR) is 68.8 cm³/mol. The van der Waals surface area contributed by atoms with Crippen LogP contribution in [0.3, 0.4) is 0 Å². The van der Waals surface area contributed by atoms with E-state index in [-0.39, 0.29) is 12.0 Å². The Morgan fingerprint density at radius 1 is 1.47 bits per heavy atom. The standard InChI is InChI=1S/C12H20N4O3/c1-12(2,3)19-11(18)14-10-13-9(15-16(10)4)7-5-8(17)6-7/h7-8,17H,5-6H2,1-4H3,(H,13,14,15,18). The van der Waals surface area contributed by atoms with Crippen molar-refractivity contribution in [3.05, 3.63) is 5.82 Å². The van der Waals surface area contributed by atoms with Crippen molar-refractivity contribution in [2.75, 3.05) is 5.32 Å². The molecule has 0 unspecified atom stereocenters. The van der Waals surface area contributed by atoms with Crippen molar-refractivity contribution in [2.24, 2.45) is 7.05 Å². The highest BCUT2D eigenvalue weighted by Gasteiger charge is 2.32. The van der Waals surface area contributed by atoms with Crippen LogP contribution in [-0.4, -0.2) is 37.7 Å². The molecule has 1 aliphatic carbocycles. The number of aryl methyl sites for hydroxylation is 1. The van der Waals surface area contributed by atoms with Gasteiger partial charge in [-0.15, -0.1) is 0 Å². The summed E-state index contributed by atoms with van der Waals surface area (Å²) in [6, 6.07) is 0. The lowest BCUT2D eigenvalue weighted by atomic mass is 9.82. The smallest absolute Gasteiger partial charge is 0.414 e. The third-order valence-corrected chi connectivity index (χ3v) is 2.87. The van der Waals surface area contributed by atoms with Gasteiger partial charge in [0.25, 0.3) is 0 Å². The molecular formula is C12H20N4O3. The first-order valence-electron chi connectivity index (χ1n) is 6.33. The van der Waals surface area contributed by atoms with Crippen LogP contribution in [0.15, 0.2) is 0 Å². The van der Waals surface area contributed by atoms with Crippen molar-refractivity contribution in [1.82, 2.24) is 14.8 Å². The van der Waals surface area contributed by atoms with E-state index in [2.05, 4.69) is 15.4 Å². The number of nitrogens with zero attached hydrogens (tertiary/aromatic N) is 3. The number of carbonyl (C=O) groups excluding carboxylic acids is 1. The summed E-state index contributed by atoms with van der Waals surface area (Å²) < 4.78 is 6.66. The van der Waals surface area contributed by atoms with Crippen LogP contribution in [0.1, 0.15) is 45.4 Å². The maximum atomic E-state index is 11.6. The minimum absolute atomic E-state index is 0.176. The number of anilines is 1. The lowest BCUT2D eigenvalue weighted by Crippen LogP contribution is -2.28. The van der Waals surface area contributed by atoms with Crippen LogP contribution in [0.4, 0.5) is 10.7 Å². The fraction of sp³-hybridized carbons (Fsp3) is 0.750. The van der Waals surface area contributed by atoms with E-state index in [0.29, 0.717) is 24.6 Å². The van der Waals surface area contributed by atoms with E-state index in [0.717, 1.165) is 0 Å². The molecule has 106 valence electrons. The number of hydrogen-bond donors (Lipinski definition) is 2. The highest BCUT2D eigenvalue weighted by atomic mass is 16.6. The summed E-state index contributed by atoms with van der Waals surface area (Å²) in [5, 5.41) is 16.1. The van der Waals surface area contributed by atoms with Crippen molar-refractivity contribution in [2.45, 2.75) is 51.2 Å². The first kappa shape index (κ1) is 13.8. The molecule has 1 fully saturated rings. The SMILES string of the molecule is Cn1nc(C2CC(O)C2)nc1NC(=O)OC(C)(C)C. The number of aromatic nitrogens is 3. The van der Waals surface area contributed by atoms with E-state index in [9.17, 15) is 9.90 Å². The fourth-order valence-electron chi connectivity index (χ4n) is 1.88. The summed E-state index contributed by atoms with van der Waals surface area (Å²) in [7, 11) is 1.71. The normalized spacial score (nSPS) is 22.8. The number of amides is 1. The lowest BCUT2D eigenvalue weighted by Gasteiger charge is -2.28. The van der Waals surface area contributed by atoms with Gasteiger partial charge in [-0.1, -0.05) is 0 Å². The number of nitrogens with one attached hydrogen (secondary N) is 1. The van der Waals surface area contributed by atoms with Crippen LogP contribution >= 0.6 is 0 Å². The quantitative estimate of drug-likeness (QED) is 0.846. The van der Waals surface area contributed by atoms with Crippen molar-refractivity contribution in [1.29, 1.82) is 0 Å². The molecular weight excluding hydrogens is 248 g/mol. The van der Waals surface area contributed by atoms with Gasteiger partial charge in [-0.3, -0.25) is 5.32 Å². The maximum absolute atomic E-state index is 11.6. The van der Waals surface area contributed by atoms with Crippen molar-refractivity contribution >= 4 is 12.0 Å². The van der Waals surface area contributed by atoms with Gasteiger partial charge in [0.15, 0.2) is 5.82 Å². The minimum atomic E-state index is -0.553. The second kappa shape index (κ2) is 4.80. The zero-order valence-corrected chi connectivity index (χ0v) is 11.7. The molecule has 0 saturated heterocycles. The first-order chi connectivity index (χ1) is 8.74. The number of aliphatic hydroxyl groups is 1. The highest BCUT2D eigenvalue weighted by Crippen LogP contribution is 2.35. The average molecular weight is 268 g/mol. The van der Waals surface area contributed by atoms with Gasteiger partial charge in [-0.05, 0) is 33.6 Å². The van der Waals surface area contributed by atoms with Crippen LogP contribution in [0.25, 0.3) is 0 Å². The van der Waals surface area contributed by atoms with Gasteiger partial charge in [0.2, 0.25) is 5.95 Å². The van der Waals surface area contributed by atoms with Crippen LogP contribution in [0.5, 0.6) is 0 Å². The van der Waals surface area contributed by atoms with Crippen LogP contribution < -0.4 is 5.32 Å². The summed E-state index contributed by atoms with van der Waals surface area (Å²) >= 11 is 0. The topological polar surface area (TPSA) is 89.3 Å². The Hall–Kier alpha value is -1.63. The van der Waals surface area contributed by atoms with E-state index < -0.39 is 11.7 Å². The van der Waals surface area contributed by atoms with Crippen molar-refractivity contribution in [3.63, 3.8) is 0 Å². The Labute approximate surface area is 112 Å². The molecule has 1 aromatic rings. The fourth-order valence-corrected chi connectivity index (χ4v) is 1.88. The molecule has 1 aromatic heterocycles. The molecule has 1 amide bonds. The summed E-state index contributed by atoms with van der Waals surface area (Å²) in [6.07, 6.45) is 0.547. The van der Waals surface area contributed by atoms with Crippen LogP contribution in [-0.2, 0) is 11.8 Å². The van der Waals surface area contributed by atoms with Crippen LogP contribution in [0.2, 0.25) is 0 Å². The monoisotopic (exact) mass is 268 g/mol. The molecule has 0 spiro atoms. The molecule has 1 heterocycles. The number of carbonyl (C=O) groups is 1. The van der Waals surface area contributed by atoms with Gasteiger partial charge in [0.05, 0.1) is 6.10 Å². The predicted octanol–water partition coefficient (Wildman–Crippen LogP) is 1.40. The van der Waals surface area contributed by atoms with E-state index in [4.69, 9.17) is 4.74 Å². The van der Waals surface area contributed by atoms with Gasteiger partial charge in [0, 0.05) is 13.0 Å². The van der Waals surface area contributed by atoms with Crippen LogP contribution in [0, 0.1) is 0 Å². The molecule has 2 rings (SSSR count). The van der Waals surface area contributed by atoms with E-state index in [1.807, 2.05) is 0 Å². The Kier molecular flexibility index (Phi) is 3.49.